The number of ether oxygens (including phenoxy) is 2. The van der Waals surface area contributed by atoms with Gasteiger partial charge in [-0.3, -0.25) is 10.1 Å². The average Bonchev–Trinajstić information content (AvgIpc) is 3.20. The molecule has 1 heterocycles. The van der Waals surface area contributed by atoms with Crippen LogP contribution in [0.2, 0.25) is 0 Å². The van der Waals surface area contributed by atoms with Gasteiger partial charge in [0.1, 0.15) is 24.7 Å². The molecular formula is C19H20N2O5. The summed E-state index contributed by atoms with van der Waals surface area (Å²) in [4.78, 5) is 25.0. The van der Waals surface area contributed by atoms with Crippen LogP contribution in [-0.2, 0) is 4.74 Å². The van der Waals surface area contributed by atoms with Crippen LogP contribution >= 0.6 is 0 Å². The monoisotopic (exact) mass is 356 g/mol. The number of nitrogens with zero attached hydrogens (tertiary/aromatic N) is 2. The van der Waals surface area contributed by atoms with Gasteiger partial charge in [0.2, 0.25) is 0 Å². The van der Waals surface area contributed by atoms with E-state index in [2.05, 4.69) is 0 Å². The van der Waals surface area contributed by atoms with E-state index >= 15 is 0 Å². The molecule has 1 aliphatic rings. The zero-order valence-corrected chi connectivity index (χ0v) is 14.3. The number of hydrogen-bond donors (Lipinski definition) is 0. The van der Waals surface area contributed by atoms with Crippen LogP contribution in [0.15, 0.2) is 48.5 Å². The summed E-state index contributed by atoms with van der Waals surface area (Å²) in [5.74, 6) is 0.0897. The summed E-state index contributed by atoms with van der Waals surface area (Å²) in [5.41, 5.74) is 0.651. The van der Waals surface area contributed by atoms with Crippen molar-refractivity contribution in [1.29, 1.82) is 0 Å². The van der Waals surface area contributed by atoms with E-state index in [0.29, 0.717) is 11.4 Å². The molecule has 26 heavy (non-hydrogen) atoms. The first kappa shape index (κ1) is 17.7. The quantitative estimate of drug-likeness (QED) is 0.327. The molecule has 2 aromatic rings. The molecule has 7 nitrogen and oxygen atoms in total. The lowest BCUT2D eigenvalue weighted by Gasteiger charge is -2.17. The molecule has 7 heteroatoms. The fourth-order valence-corrected chi connectivity index (χ4v) is 2.92. The molecular weight excluding hydrogens is 336 g/mol. The number of rotatable bonds is 7. The average molecular weight is 356 g/mol. The Kier molecular flexibility index (Phi) is 5.68. The summed E-state index contributed by atoms with van der Waals surface area (Å²) < 4.78 is 10.6. The minimum atomic E-state index is -0.599. The third kappa shape index (κ3) is 4.30. The predicted octanol–water partition coefficient (Wildman–Crippen LogP) is 3.43. The lowest BCUT2D eigenvalue weighted by molar-refractivity contribution is -0.384. The number of benzene rings is 2. The van der Waals surface area contributed by atoms with Crippen molar-refractivity contribution in [1.82, 2.24) is 0 Å². The highest BCUT2D eigenvalue weighted by Crippen LogP contribution is 2.31. The first-order valence-electron chi connectivity index (χ1n) is 8.53. The van der Waals surface area contributed by atoms with Crippen LogP contribution in [-0.4, -0.2) is 37.2 Å². The molecule has 0 bridgehead atoms. The zero-order valence-electron chi connectivity index (χ0n) is 14.3. The minimum Gasteiger partial charge on any atom is -0.490 e. The second-order valence-corrected chi connectivity index (χ2v) is 5.95. The Balaban J connectivity index is 1.60. The van der Waals surface area contributed by atoms with Crippen LogP contribution in [0.5, 0.6) is 5.75 Å². The van der Waals surface area contributed by atoms with E-state index < -0.39 is 10.9 Å². The molecule has 0 atom stereocenters. The second-order valence-electron chi connectivity index (χ2n) is 5.95. The Hall–Kier alpha value is -3.09. The molecule has 136 valence electrons. The van der Waals surface area contributed by atoms with E-state index in [1.807, 2.05) is 35.2 Å². The second kappa shape index (κ2) is 8.33. The van der Waals surface area contributed by atoms with Crippen LogP contribution in [0.1, 0.15) is 23.2 Å². The van der Waals surface area contributed by atoms with Crippen molar-refractivity contribution >= 4 is 17.3 Å². The van der Waals surface area contributed by atoms with Crippen LogP contribution in [0, 0.1) is 10.1 Å². The molecule has 0 saturated carbocycles. The van der Waals surface area contributed by atoms with Gasteiger partial charge in [0.05, 0.1) is 10.5 Å². The molecule has 1 aliphatic heterocycles. The van der Waals surface area contributed by atoms with Crippen molar-refractivity contribution < 1.29 is 19.2 Å². The van der Waals surface area contributed by atoms with Gasteiger partial charge in [0.15, 0.2) is 0 Å². The van der Waals surface area contributed by atoms with Gasteiger partial charge in [0.25, 0.3) is 5.69 Å². The Morgan fingerprint density at radius 3 is 2.50 bits per heavy atom. The lowest BCUT2D eigenvalue weighted by atomic mass is 10.1. The van der Waals surface area contributed by atoms with E-state index in [-0.39, 0.29) is 24.5 Å². The largest absolute Gasteiger partial charge is 0.490 e. The molecule has 0 aromatic heterocycles. The van der Waals surface area contributed by atoms with E-state index in [0.717, 1.165) is 25.9 Å². The highest BCUT2D eigenvalue weighted by atomic mass is 16.6. The van der Waals surface area contributed by atoms with Crippen molar-refractivity contribution in [2.24, 2.45) is 0 Å². The molecule has 1 fully saturated rings. The summed E-state index contributed by atoms with van der Waals surface area (Å²) in [6.45, 7) is 1.86. The van der Waals surface area contributed by atoms with Crippen LogP contribution in [0.3, 0.4) is 0 Å². The number of esters is 1. The van der Waals surface area contributed by atoms with Gasteiger partial charge >= 0.3 is 5.97 Å². The number of para-hydroxylation sites is 1. The molecule has 0 amide bonds. The van der Waals surface area contributed by atoms with E-state index in [1.165, 1.54) is 6.07 Å². The molecule has 1 saturated heterocycles. The fraction of sp³-hybridized carbons (Fsp3) is 0.316. The van der Waals surface area contributed by atoms with Crippen molar-refractivity contribution in [3.63, 3.8) is 0 Å². The fourth-order valence-electron chi connectivity index (χ4n) is 2.92. The molecule has 3 rings (SSSR count). The first-order valence-corrected chi connectivity index (χ1v) is 8.53. The summed E-state index contributed by atoms with van der Waals surface area (Å²) in [6, 6.07) is 13.7. The van der Waals surface area contributed by atoms with Crippen LogP contribution < -0.4 is 9.64 Å². The summed E-state index contributed by atoms with van der Waals surface area (Å²) in [6.07, 6.45) is 2.03. The number of nitro benzene ring substituents is 1. The number of anilines is 1. The maximum absolute atomic E-state index is 12.1. The number of carbonyl (C=O) groups is 1. The number of nitro groups is 1. The Labute approximate surface area is 151 Å². The highest BCUT2D eigenvalue weighted by Gasteiger charge is 2.24. The van der Waals surface area contributed by atoms with Crippen molar-refractivity contribution in [2.75, 3.05) is 31.2 Å². The van der Waals surface area contributed by atoms with Crippen LogP contribution in [0.25, 0.3) is 0 Å². The molecule has 0 radical (unpaired) electrons. The minimum absolute atomic E-state index is 0.0649. The first-order chi connectivity index (χ1) is 12.6. The summed E-state index contributed by atoms with van der Waals surface area (Å²) >= 11 is 0. The van der Waals surface area contributed by atoms with Gasteiger partial charge in [-0.1, -0.05) is 18.2 Å². The zero-order chi connectivity index (χ0) is 18.4. The number of hydrogen-bond acceptors (Lipinski definition) is 6. The molecule has 0 N–H and O–H groups in total. The summed E-state index contributed by atoms with van der Waals surface area (Å²) in [7, 11) is 0. The SMILES string of the molecule is O=C(OCCOc1ccccc1)c1ccc(N2CCCC2)c([N+](=O)[O-])c1. The normalized spacial score (nSPS) is 13.5. The standard InChI is InChI=1S/C19H20N2O5/c22-19(26-13-12-25-16-6-2-1-3-7-16)15-8-9-17(18(14-15)21(23)24)20-10-4-5-11-20/h1-3,6-9,14H,4-5,10-13H2. The molecule has 0 spiro atoms. The van der Waals surface area contributed by atoms with E-state index in [9.17, 15) is 14.9 Å². The Morgan fingerprint density at radius 1 is 1.08 bits per heavy atom. The summed E-state index contributed by atoms with van der Waals surface area (Å²) in [5, 5.41) is 11.4. The van der Waals surface area contributed by atoms with Gasteiger partial charge in [-0.15, -0.1) is 0 Å². The third-order valence-electron chi connectivity index (χ3n) is 4.18. The topological polar surface area (TPSA) is 81.9 Å². The Morgan fingerprint density at radius 2 is 1.81 bits per heavy atom. The van der Waals surface area contributed by atoms with E-state index in [4.69, 9.17) is 9.47 Å². The van der Waals surface area contributed by atoms with Gasteiger partial charge in [0, 0.05) is 19.2 Å². The van der Waals surface area contributed by atoms with Gasteiger partial charge in [-0.05, 0) is 37.1 Å². The Bertz CT molecular complexity index is 773. The lowest BCUT2D eigenvalue weighted by Crippen LogP contribution is -2.19. The molecule has 2 aromatic carbocycles. The maximum atomic E-state index is 12.1. The number of carbonyl (C=O) groups excluding carboxylic acids is 1. The van der Waals surface area contributed by atoms with Crippen molar-refractivity contribution in [2.45, 2.75) is 12.8 Å². The molecule has 0 unspecified atom stereocenters. The smallest absolute Gasteiger partial charge is 0.338 e. The highest BCUT2D eigenvalue weighted by molar-refractivity contribution is 5.91. The third-order valence-corrected chi connectivity index (χ3v) is 4.18. The predicted molar refractivity (Wildman–Crippen MR) is 96.8 cm³/mol. The van der Waals surface area contributed by atoms with Gasteiger partial charge in [-0.2, -0.15) is 0 Å². The van der Waals surface area contributed by atoms with Crippen molar-refractivity contribution in [3.8, 4) is 5.75 Å². The van der Waals surface area contributed by atoms with Gasteiger partial charge < -0.3 is 14.4 Å². The van der Waals surface area contributed by atoms with E-state index in [1.54, 1.807) is 12.1 Å². The van der Waals surface area contributed by atoms with Crippen LogP contribution in [0.4, 0.5) is 11.4 Å². The maximum Gasteiger partial charge on any atom is 0.338 e. The van der Waals surface area contributed by atoms with Gasteiger partial charge in [-0.25, -0.2) is 4.79 Å². The molecule has 0 aliphatic carbocycles. The van der Waals surface area contributed by atoms with Crippen molar-refractivity contribution in [3.05, 3.63) is 64.2 Å².